The smallest absolute Gasteiger partial charge is 0.328 e. The minimum Gasteiger partial charge on any atom is -0.478 e. The molecule has 1 aromatic rings. The lowest BCUT2D eigenvalue weighted by Gasteiger charge is -2.10. The molecule has 2 N–H and O–H groups in total. The van der Waals surface area contributed by atoms with Crippen LogP contribution in [0.25, 0.3) is 6.08 Å². The van der Waals surface area contributed by atoms with Crippen molar-refractivity contribution >= 4 is 18.0 Å². The molecule has 0 unspecified atom stereocenters. The van der Waals surface area contributed by atoms with Crippen molar-refractivity contribution in [1.82, 2.24) is 5.32 Å². The highest BCUT2D eigenvalue weighted by Crippen LogP contribution is 2.26. The Labute approximate surface area is 124 Å². The first-order chi connectivity index (χ1) is 10.1. The number of hydrogen-bond donors (Lipinski definition) is 2. The molecule has 0 aromatic heterocycles. The number of rotatable bonds is 6. The van der Waals surface area contributed by atoms with Crippen LogP contribution in [0.4, 0.5) is 0 Å². The zero-order valence-corrected chi connectivity index (χ0v) is 12.0. The highest BCUT2D eigenvalue weighted by molar-refractivity contribution is 5.94. The molecule has 21 heavy (non-hydrogen) atoms. The normalized spacial score (nSPS) is 15.4. The molecule has 4 heteroatoms. The van der Waals surface area contributed by atoms with Crippen LogP contribution in [0.15, 0.2) is 30.3 Å². The number of carbonyl (C=O) groups is 2. The van der Waals surface area contributed by atoms with Crippen molar-refractivity contribution in [3.63, 3.8) is 0 Å². The summed E-state index contributed by atoms with van der Waals surface area (Å²) in [5.74, 6) is -0.278. The third-order valence-corrected chi connectivity index (χ3v) is 3.90. The summed E-state index contributed by atoms with van der Waals surface area (Å²) in [6, 6.07) is 6.91. The van der Waals surface area contributed by atoms with Gasteiger partial charge in [-0.3, -0.25) is 4.79 Å². The highest BCUT2D eigenvalue weighted by atomic mass is 16.4. The number of hydrogen-bond acceptors (Lipinski definition) is 2. The number of benzene rings is 1. The van der Waals surface area contributed by atoms with Crippen LogP contribution < -0.4 is 5.32 Å². The van der Waals surface area contributed by atoms with Crippen LogP contribution in [0.2, 0.25) is 0 Å². The van der Waals surface area contributed by atoms with Gasteiger partial charge in [0.1, 0.15) is 0 Å². The molecular formula is C17H21NO3. The predicted octanol–water partition coefficient (Wildman–Crippen LogP) is 3.09. The SMILES string of the molecule is O=C(O)C=Cc1ccc(C(=O)NCCC2CCCC2)cc1. The fraction of sp³-hybridized carbons (Fsp3) is 0.412. The van der Waals surface area contributed by atoms with Gasteiger partial charge in [0.05, 0.1) is 0 Å². The average molecular weight is 287 g/mol. The molecular weight excluding hydrogens is 266 g/mol. The van der Waals surface area contributed by atoms with E-state index in [9.17, 15) is 9.59 Å². The molecule has 0 aliphatic heterocycles. The zero-order chi connectivity index (χ0) is 15.1. The van der Waals surface area contributed by atoms with Crippen LogP contribution in [0.3, 0.4) is 0 Å². The fourth-order valence-corrected chi connectivity index (χ4v) is 2.70. The maximum atomic E-state index is 12.0. The van der Waals surface area contributed by atoms with Gasteiger partial charge in [0.2, 0.25) is 0 Å². The van der Waals surface area contributed by atoms with Crippen LogP contribution in [0.1, 0.15) is 48.0 Å². The summed E-state index contributed by atoms with van der Waals surface area (Å²) in [7, 11) is 0. The van der Waals surface area contributed by atoms with Crippen molar-refractivity contribution in [1.29, 1.82) is 0 Å². The monoisotopic (exact) mass is 287 g/mol. The zero-order valence-electron chi connectivity index (χ0n) is 12.0. The molecule has 112 valence electrons. The van der Waals surface area contributed by atoms with Gasteiger partial charge in [0, 0.05) is 18.2 Å². The topological polar surface area (TPSA) is 66.4 Å². The third kappa shape index (κ3) is 5.06. The van der Waals surface area contributed by atoms with Crippen LogP contribution in [-0.2, 0) is 4.79 Å². The van der Waals surface area contributed by atoms with Crippen LogP contribution >= 0.6 is 0 Å². The van der Waals surface area contributed by atoms with Gasteiger partial charge >= 0.3 is 5.97 Å². The van der Waals surface area contributed by atoms with Gasteiger partial charge in [-0.1, -0.05) is 37.8 Å². The Kier molecular flexibility index (Phi) is 5.55. The molecule has 1 aliphatic rings. The molecule has 1 saturated carbocycles. The lowest BCUT2D eigenvalue weighted by molar-refractivity contribution is -0.131. The van der Waals surface area contributed by atoms with Crippen LogP contribution in [0.5, 0.6) is 0 Å². The van der Waals surface area contributed by atoms with E-state index in [1.807, 2.05) is 0 Å². The molecule has 0 radical (unpaired) electrons. The summed E-state index contributed by atoms with van der Waals surface area (Å²) in [5.41, 5.74) is 1.37. The summed E-state index contributed by atoms with van der Waals surface area (Å²) in [5, 5.41) is 11.5. The second-order valence-corrected chi connectivity index (χ2v) is 5.49. The van der Waals surface area contributed by atoms with Crippen molar-refractivity contribution in [2.24, 2.45) is 5.92 Å². The summed E-state index contributed by atoms with van der Waals surface area (Å²) < 4.78 is 0. The van der Waals surface area contributed by atoms with Gasteiger partial charge in [-0.15, -0.1) is 0 Å². The quantitative estimate of drug-likeness (QED) is 0.790. The Bertz CT molecular complexity index is 513. The maximum Gasteiger partial charge on any atom is 0.328 e. The lowest BCUT2D eigenvalue weighted by atomic mass is 10.0. The molecule has 4 nitrogen and oxygen atoms in total. The fourth-order valence-electron chi connectivity index (χ4n) is 2.70. The maximum absolute atomic E-state index is 12.0. The van der Waals surface area contributed by atoms with E-state index in [0.717, 1.165) is 30.5 Å². The van der Waals surface area contributed by atoms with E-state index in [1.165, 1.54) is 31.8 Å². The number of carboxylic acids is 1. The molecule has 0 atom stereocenters. The second kappa shape index (κ2) is 7.62. The largest absolute Gasteiger partial charge is 0.478 e. The highest BCUT2D eigenvalue weighted by Gasteiger charge is 2.14. The van der Waals surface area contributed by atoms with E-state index in [-0.39, 0.29) is 5.91 Å². The first-order valence-electron chi connectivity index (χ1n) is 7.44. The summed E-state index contributed by atoms with van der Waals surface area (Å²) in [6.45, 7) is 0.726. The van der Waals surface area contributed by atoms with E-state index in [1.54, 1.807) is 24.3 Å². The van der Waals surface area contributed by atoms with E-state index < -0.39 is 5.97 Å². The average Bonchev–Trinajstić information content (AvgIpc) is 2.99. The van der Waals surface area contributed by atoms with Crippen molar-refractivity contribution in [3.8, 4) is 0 Å². The van der Waals surface area contributed by atoms with E-state index in [4.69, 9.17) is 5.11 Å². The Morgan fingerprint density at radius 2 is 1.86 bits per heavy atom. The first-order valence-corrected chi connectivity index (χ1v) is 7.44. The number of carboxylic acid groups (broad SMARTS) is 1. The molecule has 0 saturated heterocycles. The van der Waals surface area contributed by atoms with Gasteiger partial charge in [-0.05, 0) is 36.1 Å². The summed E-state index contributed by atoms with van der Waals surface area (Å²) in [6.07, 6.45) is 8.88. The van der Waals surface area contributed by atoms with Gasteiger partial charge < -0.3 is 10.4 Å². The molecule has 0 bridgehead atoms. The first kappa shape index (κ1) is 15.3. The second-order valence-electron chi connectivity index (χ2n) is 5.49. The Hall–Kier alpha value is -2.10. The minimum atomic E-state index is -0.983. The molecule has 2 rings (SSSR count). The molecule has 0 heterocycles. The van der Waals surface area contributed by atoms with E-state index in [2.05, 4.69) is 5.32 Å². The van der Waals surface area contributed by atoms with Gasteiger partial charge in [0.15, 0.2) is 0 Å². The Balaban J connectivity index is 1.80. The predicted molar refractivity (Wildman–Crippen MR) is 82.0 cm³/mol. The lowest BCUT2D eigenvalue weighted by Crippen LogP contribution is -2.25. The van der Waals surface area contributed by atoms with E-state index >= 15 is 0 Å². The van der Waals surface area contributed by atoms with Crippen LogP contribution in [0, 0.1) is 5.92 Å². The van der Waals surface area contributed by atoms with Crippen molar-refractivity contribution in [2.45, 2.75) is 32.1 Å². The van der Waals surface area contributed by atoms with Crippen LogP contribution in [-0.4, -0.2) is 23.5 Å². The van der Waals surface area contributed by atoms with Gasteiger partial charge in [0.25, 0.3) is 5.91 Å². The standard InChI is InChI=1S/C17H21NO3/c19-16(20)10-7-14-5-8-15(9-6-14)17(21)18-12-11-13-3-1-2-4-13/h5-10,13H,1-4,11-12H2,(H,18,21)(H,19,20). The molecule has 0 spiro atoms. The van der Waals surface area contributed by atoms with Gasteiger partial charge in [-0.2, -0.15) is 0 Å². The number of carbonyl (C=O) groups excluding carboxylic acids is 1. The molecule has 1 fully saturated rings. The summed E-state index contributed by atoms with van der Waals surface area (Å²) >= 11 is 0. The summed E-state index contributed by atoms with van der Waals surface area (Å²) in [4.78, 5) is 22.4. The molecule has 1 aliphatic carbocycles. The van der Waals surface area contributed by atoms with Crippen molar-refractivity contribution in [2.75, 3.05) is 6.54 Å². The third-order valence-electron chi connectivity index (χ3n) is 3.90. The number of nitrogens with one attached hydrogen (secondary N) is 1. The van der Waals surface area contributed by atoms with Crippen molar-refractivity contribution < 1.29 is 14.7 Å². The van der Waals surface area contributed by atoms with Crippen molar-refractivity contribution in [3.05, 3.63) is 41.5 Å². The minimum absolute atomic E-state index is 0.0678. The number of amides is 1. The molecule has 1 aromatic carbocycles. The number of aliphatic carboxylic acids is 1. The molecule has 1 amide bonds. The Morgan fingerprint density at radius 1 is 1.19 bits per heavy atom. The van der Waals surface area contributed by atoms with Gasteiger partial charge in [-0.25, -0.2) is 4.79 Å². The Morgan fingerprint density at radius 3 is 2.48 bits per heavy atom. The van der Waals surface area contributed by atoms with E-state index in [0.29, 0.717) is 5.56 Å².